The summed E-state index contributed by atoms with van der Waals surface area (Å²) in [6, 6.07) is 10.2. The minimum absolute atomic E-state index is 0.0663. The second-order valence-electron chi connectivity index (χ2n) is 10.5. The number of carbonyl (C=O) groups is 1. The molecule has 5 rings (SSSR count). The number of anilines is 1. The molecule has 1 unspecified atom stereocenters. The summed E-state index contributed by atoms with van der Waals surface area (Å²) in [5.41, 5.74) is 1.16. The number of nitrogens with one attached hydrogen (secondary N) is 1. The Bertz CT molecular complexity index is 1500. The summed E-state index contributed by atoms with van der Waals surface area (Å²) in [5.74, 6) is 1.88. The zero-order chi connectivity index (χ0) is 29.7. The van der Waals surface area contributed by atoms with E-state index in [-0.39, 0.29) is 22.5 Å². The maximum Gasteiger partial charge on any atom is 0.246 e. The van der Waals surface area contributed by atoms with Crippen molar-refractivity contribution in [2.75, 3.05) is 52.8 Å². The van der Waals surface area contributed by atoms with Crippen molar-refractivity contribution in [2.45, 2.75) is 43.5 Å². The molecule has 0 radical (unpaired) electrons. The van der Waals surface area contributed by atoms with Gasteiger partial charge in [-0.3, -0.25) is 9.69 Å². The molecule has 1 atom stereocenters. The first-order valence-corrected chi connectivity index (χ1v) is 15.5. The highest BCUT2D eigenvalue weighted by atomic mass is 32.2. The number of nitrogens with zero attached hydrogens (tertiary/aromatic N) is 4. The molecule has 42 heavy (non-hydrogen) atoms. The Labute approximate surface area is 246 Å². The molecular formula is C29H37N5O7S. The number of hydrogen-bond donors (Lipinski definition) is 1. The molecule has 3 aromatic rings. The van der Waals surface area contributed by atoms with Crippen molar-refractivity contribution in [3.63, 3.8) is 0 Å². The quantitative estimate of drug-likeness (QED) is 0.367. The molecule has 0 spiro atoms. The van der Waals surface area contributed by atoms with Crippen molar-refractivity contribution >= 4 is 21.6 Å². The highest BCUT2D eigenvalue weighted by Crippen LogP contribution is 2.33. The van der Waals surface area contributed by atoms with E-state index in [1.807, 2.05) is 6.07 Å². The van der Waals surface area contributed by atoms with Crippen molar-refractivity contribution in [3.05, 3.63) is 42.3 Å². The third-order valence-electron chi connectivity index (χ3n) is 7.71. The summed E-state index contributed by atoms with van der Waals surface area (Å²) >= 11 is 0. The van der Waals surface area contributed by atoms with Crippen LogP contribution in [-0.4, -0.2) is 81.2 Å². The summed E-state index contributed by atoms with van der Waals surface area (Å²) in [4.78, 5) is 20.0. The Morgan fingerprint density at radius 1 is 0.952 bits per heavy atom. The molecule has 3 heterocycles. The maximum absolute atomic E-state index is 13.4. The van der Waals surface area contributed by atoms with Gasteiger partial charge in [-0.1, -0.05) is 11.6 Å². The van der Waals surface area contributed by atoms with Gasteiger partial charge in [0.1, 0.15) is 10.6 Å². The third-order valence-corrected chi connectivity index (χ3v) is 9.63. The van der Waals surface area contributed by atoms with Crippen molar-refractivity contribution in [3.8, 4) is 28.6 Å². The lowest BCUT2D eigenvalue weighted by molar-refractivity contribution is -0.121. The van der Waals surface area contributed by atoms with E-state index in [2.05, 4.69) is 20.4 Å². The number of benzene rings is 2. The number of hydrogen-bond acceptors (Lipinski definition) is 10. The van der Waals surface area contributed by atoms with Crippen LogP contribution in [0.5, 0.6) is 17.2 Å². The fourth-order valence-corrected chi connectivity index (χ4v) is 7.16. The predicted molar refractivity (Wildman–Crippen MR) is 155 cm³/mol. The molecule has 13 heteroatoms. The number of amides is 1. The molecule has 1 aromatic heterocycles. The van der Waals surface area contributed by atoms with Gasteiger partial charge < -0.3 is 24.1 Å². The molecule has 1 amide bonds. The predicted octanol–water partition coefficient (Wildman–Crippen LogP) is 3.79. The normalized spacial score (nSPS) is 18.4. The van der Waals surface area contributed by atoms with Gasteiger partial charge in [0.2, 0.25) is 27.6 Å². The molecule has 0 bridgehead atoms. The first kappa shape index (κ1) is 29.8. The lowest BCUT2D eigenvalue weighted by atomic mass is 9.97. The molecule has 2 saturated heterocycles. The van der Waals surface area contributed by atoms with Crippen molar-refractivity contribution in [1.82, 2.24) is 19.3 Å². The molecule has 2 aliphatic rings. The lowest BCUT2D eigenvalue weighted by Gasteiger charge is -2.31. The topological polar surface area (TPSA) is 136 Å². The average molecular weight is 600 g/mol. The standard InChI is InChI=1S/C29H37N5O7S/c1-38-23-11-9-20(16-25(23)40-3)28-31-27(41-32-28)19-33-13-7-8-21(18-33)29(35)30-22-10-12-24(39-2)26(17-22)42(36,37)34-14-5-4-6-15-34/h9-12,16-17,21H,4-8,13-15,18-19H2,1-3H3,(H,30,35). The first-order valence-electron chi connectivity index (χ1n) is 14.1. The van der Waals surface area contributed by atoms with Crippen LogP contribution in [0.1, 0.15) is 38.0 Å². The van der Waals surface area contributed by atoms with Crippen LogP contribution < -0.4 is 19.5 Å². The number of likely N-dealkylation sites (tertiary alicyclic amines) is 1. The van der Waals surface area contributed by atoms with Gasteiger partial charge in [0.25, 0.3) is 0 Å². The van der Waals surface area contributed by atoms with Gasteiger partial charge in [0.15, 0.2) is 11.5 Å². The Hall–Kier alpha value is -3.68. The number of ether oxygens (including phenoxy) is 3. The third kappa shape index (κ3) is 6.53. The van der Waals surface area contributed by atoms with Crippen LogP contribution >= 0.6 is 0 Å². The van der Waals surface area contributed by atoms with Crippen LogP contribution in [0.4, 0.5) is 5.69 Å². The second-order valence-corrected chi connectivity index (χ2v) is 12.4. The first-order chi connectivity index (χ1) is 20.3. The van der Waals surface area contributed by atoms with Gasteiger partial charge in [-0.15, -0.1) is 0 Å². The number of aromatic nitrogens is 2. The molecule has 2 fully saturated rings. The lowest BCUT2D eigenvalue weighted by Crippen LogP contribution is -2.40. The Morgan fingerprint density at radius 2 is 1.69 bits per heavy atom. The van der Waals surface area contributed by atoms with E-state index in [1.54, 1.807) is 38.5 Å². The number of piperidine rings is 2. The van der Waals surface area contributed by atoms with Crippen LogP contribution in [0.15, 0.2) is 45.8 Å². The second kappa shape index (κ2) is 13.1. The fourth-order valence-electron chi connectivity index (χ4n) is 5.46. The zero-order valence-corrected chi connectivity index (χ0v) is 25.0. The number of rotatable bonds is 10. The van der Waals surface area contributed by atoms with Gasteiger partial charge in [-0.25, -0.2) is 8.42 Å². The van der Waals surface area contributed by atoms with E-state index < -0.39 is 10.0 Å². The van der Waals surface area contributed by atoms with Gasteiger partial charge in [-0.05, 0) is 68.6 Å². The molecular weight excluding hydrogens is 562 g/mol. The van der Waals surface area contributed by atoms with Crippen molar-refractivity contribution in [2.24, 2.45) is 5.92 Å². The molecule has 226 valence electrons. The molecule has 1 N–H and O–H groups in total. The van der Waals surface area contributed by atoms with E-state index in [4.69, 9.17) is 18.7 Å². The molecule has 0 aliphatic carbocycles. The molecule has 2 aliphatic heterocycles. The Morgan fingerprint density at radius 3 is 2.43 bits per heavy atom. The van der Waals surface area contributed by atoms with Gasteiger partial charge in [-0.2, -0.15) is 9.29 Å². The van der Waals surface area contributed by atoms with E-state index in [0.29, 0.717) is 55.1 Å². The average Bonchev–Trinajstić information content (AvgIpc) is 3.49. The molecule has 2 aromatic carbocycles. The van der Waals surface area contributed by atoms with Crippen molar-refractivity contribution in [1.29, 1.82) is 0 Å². The largest absolute Gasteiger partial charge is 0.495 e. The van der Waals surface area contributed by atoms with E-state index >= 15 is 0 Å². The SMILES string of the molecule is COc1ccc(-c2noc(CN3CCCC(C(=O)Nc4ccc(OC)c(S(=O)(=O)N5CCCCC5)c4)C3)n2)cc1OC. The van der Waals surface area contributed by atoms with Crippen LogP contribution in [0.2, 0.25) is 0 Å². The van der Waals surface area contributed by atoms with Crippen molar-refractivity contribution < 1.29 is 31.9 Å². The number of sulfonamides is 1. The highest BCUT2D eigenvalue weighted by molar-refractivity contribution is 7.89. The van der Waals surface area contributed by atoms with Crippen LogP contribution in [0.25, 0.3) is 11.4 Å². The summed E-state index contributed by atoms with van der Waals surface area (Å²) < 4.78 is 49.8. The fraction of sp³-hybridized carbons (Fsp3) is 0.483. The van der Waals surface area contributed by atoms with Crippen LogP contribution in [0.3, 0.4) is 0 Å². The summed E-state index contributed by atoms with van der Waals surface area (Å²) in [6.07, 6.45) is 4.22. The van der Waals surface area contributed by atoms with E-state index in [1.165, 1.54) is 17.5 Å². The summed E-state index contributed by atoms with van der Waals surface area (Å²) in [5, 5.41) is 7.05. The van der Waals surface area contributed by atoms with Gasteiger partial charge in [0.05, 0.1) is 33.8 Å². The Kier molecular flexibility index (Phi) is 9.29. The molecule has 12 nitrogen and oxygen atoms in total. The zero-order valence-electron chi connectivity index (χ0n) is 24.2. The summed E-state index contributed by atoms with van der Waals surface area (Å²) in [7, 11) is 0.841. The van der Waals surface area contributed by atoms with Gasteiger partial charge >= 0.3 is 0 Å². The number of methoxy groups -OCH3 is 3. The molecule has 0 saturated carbocycles. The minimum atomic E-state index is -3.74. The smallest absolute Gasteiger partial charge is 0.246 e. The summed E-state index contributed by atoms with van der Waals surface area (Å²) in [6.45, 7) is 2.67. The Balaban J connectivity index is 1.23. The van der Waals surface area contributed by atoms with Crippen LogP contribution in [-0.2, 0) is 21.4 Å². The number of carbonyl (C=O) groups excluding carboxylic acids is 1. The highest BCUT2D eigenvalue weighted by Gasteiger charge is 2.31. The minimum Gasteiger partial charge on any atom is -0.495 e. The van der Waals surface area contributed by atoms with Gasteiger partial charge in [0, 0.05) is 30.9 Å². The van der Waals surface area contributed by atoms with Crippen LogP contribution in [0, 0.1) is 5.92 Å². The van der Waals surface area contributed by atoms with E-state index in [0.717, 1.165) is 44.2 Å². The maximum atomic E-state index is 13.4. The van der Waals surface area contributed by atoms with E-state index in [9.17, 15) is 13.2 Å². The monoisotopic (exact) mass is 599 g/mol.